The number of aromatic nitrogens is 2. The average molecular weight is 153 g/mol. The van der Waals surface area contributed by atoms with Crippen molar-refractivity contribution in [2.24, 2.45) is 0 Å². The minimum atomic E-state index is 0.458. The lowest BCUT2D eigenvalue weighted by molar-refractivity contribution is 0.180. The van der Waals surface area contributed by atoms with Crippen molar-refractivity contribution in [3.8, 4) is 0 Å². The summed E-state index contributed by atoms with van der Waals surface area (Å²) in [4.78, 5) is 7.35. The van der Waals surface area contributed by atoms with Gasteiger partial charge in [-0.1, -0.05) is 6.08 Å². The first kappa shape index (κ1) is 9.74. The zero-order chi connectivity index (χ0) is 8.36. The summed E-state index contributed by atoms with van der Waals surface area (Å²) in [7, 11) is 0. The van der Waals surface area contributed by atoms with Crippen molar-refractivity contribution in [2.45, 2.75) is 0 Å². The van der Waals surface area contributed by atoms with E-state index < -0.39 is 0 Å². The van der Waals surface area contributed by atoms with Crippen molar-refractivity contribution in [2.75, 3.05) is 6.54 Å². The molecule has 0 saturated heterocycles. The first-order chi connectivity index (χ1) is 5.41. The van der Waals surface area contributed by atoms with Gasteiger partial charge in [0.2, 0.25) is 0 Å². The Hall–Kier alpha value is -1.26. The molecule has 1 rings (SSSR count). The van der Waals surface area contributed by atoms with Crippen molar-refractivity contribution in [1.29, 1.82) is 0 Å². The second-order valence-electron chi connectivity index (χ2n) is 1.56. The summed E-state index contributed by atoms with van der Waals surface area (Å²) in [6.45, 7) is 3.79. The Morgan fingerprint density at radius 1 is 1.45 bits per heavy atom. The van der Waals surface area contributed by atoms with E-state index in [0.717, 1.165) is 0 Å². The Kier molecular flexibility index (Phi) is 7.74. The molecule has 1 heterocycles. The molecule has 0 fully saturated rings. The fraction of sp³-hybridized carbons (Fsp3) is 0.143. The Morgan fingerprint density at radius 2 is 2.09 bits per heavy atom. The van der Waals surface area contributed by atoms with Crippen LogP contribution in [-0.4, -0.2) is 21.7 Å². The highest BCUT2D eigenvalue weighted by molar-refractivity contribution is 4.74. The standard InChI is InChI=1S/C4H4N2.C3H7NO/c1-2-5-4-6-3-1;1-2-3-4-5/h1-4H;2,4-5H,1,3H2. The molecule has 1 aromatic rings. The van der Waals surface area contributed by atoms with Gasteiger partial charge in [0.05, 0.1) is 0 Å². The molecule has 4 nitrogen and oxygen atoms in total. The molecule has 2 N–H and O–H groups in total. The SMILES string of the molecule is C=CCNO.c1cncnc1. The van der Waals surface area contributed by atoms with Gasteiger partial charge in [-0.3, -0.25) is 0 Å². The molecule has 1 aromatic heterocycles. The lowest BCUT2D eigenvalue weighted by Crippen LogP contribution is -2.04. The fourth-order valence-electron chi connectivity index (χ4n) is 0.318. The van der Waals surface area contributed by atoms with Crippen LogP contribution in [0.15, 0.2) is 37.4 Å². The van der Waals surface area contributed by atoms with Gasteiger partial charge < -0.3 is 5.21 Å². The first-order valence-electron chi connectivity index (χ1n) is 3.09. The van der Waals surface area contributed by atoms with Crippen LogP contribution in [0.1, 0.15) is 0 Å². The summed E-state index contributed by atoms with van der Waals surface area (Å²) < 4.78 is 0. The average Bonchev–Trinajstić information content (AvgIpc) is 2.10. The van der Waals surface area contributed by atoms with Crippen molar-refractivity contribution < 1.29 is 5.21 Å². The van der Waals surface area contributed by atoms with E-state index in [2.05, 4.69) is 16.5 Å². The van der Waals surface area contributed by atoms with Crippen LogP contribution in [0.25, 0.3) is 0 Å². The molecule has 0 spiro atoms. The second kappa shape index (κ2) is 8.74. The number of hydrogen-bond acceptors (Lipinski definition) is 4. The first-order valence-corrected chi connectivity index (χ1v) is 3.09. The van der Waals surface area contributed by atoms with Crippen LogP contribution in [0, 0.1) is 0 Å². The Bertz CT molecular complexity index is 140. The summed E-state index contributed by atoms with van der Waals surface area (Å²) in [5.74, 6) is 0. The third kappa shape index (κ3) is 8.74. The fourth-order valence-corrected chi connectivity index (χ4v) is 0.318. The van der Waals surface area contributed by atoms with E-state index >= 15 is 0 Å². The van der Waals surface area contributed by atoms with Gasteiger partial charge in [-0.2, -0.15) is 0 Å². The highest BCUT2D eigenvalue weighted by Gasteiger charge is 1.59. The minimum Gasteiger partial charge on any atom is -0.317 e. The molecule has 0 bridgehead atoms. The van der Waals surface area contributed by atoms with E-state index in [9.17, 15) is 0 Å². The van der Waals surface area contributed by atoms with Gasteiger partial charge in [-0.05, 0) is 6.07 Å². The van der Waals surface area contributed by atoms with Crippen LogP contribution < -0.4 is 5.48 Å². The molecular weight excluding hydrogens is 142 g/mol. The maximum Gasteiger partial charge on any atom is 0.115 e. The van der Waals surface area contributed by atoms with Gasteiger partial charge >= 0.3 is 0 Å². The number of hydrogen-bond donors (Lipinski definition) is 2. The van der Waals surface area contributed by atoms with Gasteiger partial charge in [0, 0.05) is 18.9 Å². The smallest absolute Gasteiger partial charge is 0.115 e. The third-order valence-electron chi connectivity index (χ3n) is 0.713. The number of rotatable bonds is 2. The summed E-state index contributed by atoms with van der Waals surface area (Å²) in [5.41, 5.74) is 1.90. The predicted octanol–water partition coefficient (Wildman–Crippen LogP) is 0.628. The highest BCUT2D eigenvalue weighted by Crippen LogP contribution is 1.66. The lowest BCUT2D eigenvalue weighted by atomic mass is 10.7. The van der Waals surface area contributed by atoms with E-state index in [4.69, 9.17) is 5.21 Å². The summed E-state index contributed by atoms with van der Waals surface area (Å²) >= 11 is 0. The Morgan fingerprint density at radius 3 is 2.18 bits per heavy atom. The van der Waals surface area contributed by atoms with Crippen LogP contribution in [0.4, 0.5) is 0 Å². The largest absolute Gasteiger partial charge is 0.317 e. The summed E-state index contributed by atoms with van der Waals surface area (Å²) in [6.07, 6.45) is 6.44. The van der Waals surface area contributed by atoms with E-state index in [1.165, 1.54) is 6.33 Å². The quantitative estimate of drug-likeness (QED) is 0.483. The van der Waals surface area contributed by atoms with E-state index in [0.29, 0.717) is 6.54 Å². The normalized spacial score (nSPS) is 7.73. The molecule has 0 aliphatic carbocycles. The molecule has 11 heavy (non-hydrogen) atoms. The Balaban J connectivity index is 0.000000187. The molecule has 0 aliphatic rings. The van der Waals surface area contributed by atoms with Crippen LogP contribution in [0.3, 0.4) is 0 Å². The van der Waals surface area contributed by atoms with Gasteiger partial charge in [0.15, 0.2) is 0 Å². The topological polar surface area (TPSA) is 58.0 Å². The molecule has 0 amide bonds. The number of nitrogens with one attached hydrogen (secondary N) is 1. The zero-order valence-corrected chi connectivity index (χ0v) is 6.14. The maximum absolute atomic E-state index is 7.74. The van der Waals surface area contributed by atoms with Crippen LogP contribution in [0.5, 0.6) is 0 Å². The third-order valence-corrected chi connectivity index (χ3v) is 0.713. The van der Waals surface area contributed by atoms with Crippen LogP contribution in [-0.2, 0) is 0 Å². The Labute approximate surface area is 65.6 Å². The van der Waals surface area contributed by atoms with Gasteiger partial charge in [0.1, 0.15) is 6.33 Å². The van der Waals surface area contributed by atoms with Crippen molar-refractivity contribution in [1.82, 2.24) is 15.4 Å². The van der Waals surface area contributed by atoms with Crippen molar-refractivity contribution in [3.63, 3.8) is 0 Å². The second-order valence-corrected chi connectivity index (χ2v) is 1.56. The lowest BCUT2D eigenvalue weighted by Gasteiger charge is -1.78. The van der Waals surface area contributed by atoms with Gasteiger partial charge in [-0.25, -0.2) is 15.4 Å². The zero-order valence-electron chi connectivity index (χ0n) is 6.14. The predicted molar refractivity (Wildman–Crippen MR) is 42.0 cm³/mol. The van der Waals surface area contributed by atoms with E-state index in [-0.39, 0.29) is 0 Å². The number of nitrogens with zero attached hydrogens (tertiary/aromatic N) is 2. The highest BCUT2D eigenvalue weighted by atomic mass is 16.5. The molecule has 0 atom stereocenters. The molecule has 0 aliphatic heterocycles. The van der Waals surface area contributed by atoms with Crippen molar-refractivity contribution in [3.05, 3.63) is 37.4 Å². The van der Waals surface area contributed by atoms with Gasteiger partial charge in [-0.15, -0.1) is 6.58 Å². The number of hydroxylamine groups is 1. The van der Waals surface area contributed by atoms with E-state index in [1.807, 2.05) is 5.48 Å². The van der Waals surface area contributed by atoms with Crippen LogP contribution in [0.2, 0.25) is 0 Å². The van der Waals surface area contributed by atoms with Crippen LogP contribution >= 0.6 is 0 Å². The van der Waals surface area contributed by atoms with E-state index in [1.54, 1.807) is 24.5 Å². The van der Waals surface area contributed by atoms with Crippen molar-refractivity contribution >= 4 is 0 Å². The molecule has 60 valence electrons. The molecule has 0 radical (unpaired) electrons. The molecule has 0 aromatic carbocycles. The molecular formula is C7H11N3O. The minimum absolute atomic E-state index is 0.458. The summed E-state index contributed by atoms with van der Waals surface area (Å²) in [6, 6.07) is 1.78. The van der Waals surface area contributed by atoms with Gasteiger partial charge in [0.25, 0.3) is 0 Å². The summed E-state index contributed by atoms with van der Waals surface area (Å²) in [5, 5.41) is 7.74. The monoisotopic (exact) mass is 153 g/mol. The molecule has 4 heteroatoms. The molecule has 0 saturated carbocycles. The molecule has 0 unspecified atom stereocenters. The maximum atomic E-state index is 7.74.